The number of aldehydes is 1. The molecular weight excluding hydrogens is 522 g/mol. The van der Waals surface area contributed by atoms with E-state index in [1.807, 2.05) is 37.6 Å². The minimum atomic E-state index is -0.643. The molecule has 0 amide bonds. The van der Waals surface area contributed by atoms with Crippen LogP contribution in [-0.2, 0) is 9.53 Å². The smallest absolute Gasteiger partial charge is 0.435 e. The van der Waals surface area contributed by atoms with Crippen molar-refractivity contribution in [2.24, 2.45) is 17.8 Å². The van der Waals surface area contributed by atoms with E-state index in [-0.39, 0.29) is 12.1 Å². The minimum absolute atomic E-state index is 0.0235. The van der Waals surface area contributed by atoms with Crippen molar-refractivity contribution in [1.82, 2.24) is 24.3 Å². The van der Waals surface area contributed by atoms with E-state index < -0.39 is 17.3 Å². The molecule has 11 nitrogen and oxygen atoms in total. The van der Waals surface area contributed by atoms with E-state index in [9.17, 15) is 14.7 Å². The molecule has 3 aromatic rings. The van der Waals surface area contributed by atoms with Gasteiger partial charge in [-0.3, -0.25) is 0 Å². The predicted octanol–water partition coefficient (Wildman–Crippen LogP) is 5.35. The largest absolute Gasteiger partial charge is 0.442 e. The molecule has 4 aliphatic carbocycles. The van der Waals surface area contributed by atoms with E-state index in [0.29, 0.717) is 47.5 Å². The molecule has 4 saturated carbocycles. The lowest BCUT2D eigenvalue weighted by atomic mass is 9.52. The van der Waals surface area contributed by atoms with Crippen LogP contribution in [0.3, 0.4) is 0 Å². The van der Waals surface area contributed by atoms with Crippen LogP contribution in [0.1, 0.15) is 84.4 Å². The maximum atomic E-state index is 12.7. The lowest BCUT2D eigenvalue weighted by Gasteiger charge is -2.58. The van der Waals surface area contributed by atoms with E-state index in [1.54, 1.807) is 13.0 Å². The third kappa shape index (κ3) is 5.31. The fraction of sp³-hybridized carbons (Fsp3) is 0.633. The molecule has 3 aromatic heterocycles. The topological polar surface area (TPSA) is 136 Å². The van der Waals surface area contributed by atoms with Crippen molar-refractivity contribution in [3.63, 3.8) is 0 Å². The molecule has 0 aliphatic heterocycles. The molecule has 2 unspecified atom stereocenters. The number of nitrogens with one attached hydrogen (secondary N) is 2. The van der Waals surface area contributed by atoms with E-state index >= 15 is 0 Å². The summed E-state index contributed by atoms with van der Waals surface area (Å²) in [5, 5.41) is 23.3. The maximum absolute atomic E-state index is 12.7. The van der Waals surface area contributed by atoms with Gasteiger partial charge in [0, 0.05) is 36.5 Å². The summed E-state index contributed by atoms with van der Waals surface area (Å²) in [5.41, 5.74) is 0.196. The molecule has 4 fully saturated rings. The van der Waals surface area contributed by atoms with Crippen LogP contribution in [0.5, 0.6) is 0 Å². The molecule has 0 radical (unpaired) electrons. The molecule has 41 heavy (non-hydrogen) atoms. The lowest BCUT2D eigenvalue weighted by molar-refractivity contribution is -0.129. The van der Waals surface area contributed by atoms with Gasteiger partial charge in [-0.2, -0.15) is 14.6 Å². The van der Waals surface area contributed by atoms with Crippen molar-refractivity contribution in [2.75, 3.05) is 10.6 Å². The Balaban J connectivity index is 1.35. The van der Waals surface area contributed by atoms with E-state index in [1.165, 1.54) is 4.68 Å². The quantitative estimate of drug-likeness (QED) is 0.310. The van der Waals surface area contributed by atoms with Gasteiger partial charge in [-0.15, -0.1) is 5.10 Å². The zero-order valence-electron chi connectivity index (χ0n) is 24.6. The first-order valence-electron chi connectivity index (χ1n) is 14.8. The number of rotatable bonds is 8. The number of nitrogens with zero attached hydrogens (tertiary/aromatic N) is 5. The zero-order valence-corrected chi connectivity index (χ0v) is 24.6. The van der Waals surface area contributed by atoms with Crippen LogP contribution >= 0.6 is 0 Å². The summed E-state index contributed by atoms with van der Waals surface area (Å²) in [7, 11) is 0. The van der Waals surface area contributed by atoms with Crippen LogP contribution < -0.4 is 10.6 Å². The Hall–Kier alpha value is -3.47. The summed E-state index contributed by atoms with van der Waals surface area (Å²) in [4.78, 5) is 34.0. The summed E-state index contributed by atoms with van der Waals surface area (Å²) in [5.74, 6) is 2.91. The van der Waals surface area contributed by atoms with Gasteiger partial charge < -0.3 is 29.8 Å². The molecule has 4 aliphatic rings. The molecule has 11 heteroatoms. The van der Waals surface area contributed by atoms with Gasteiger partial charge in [0.1, 0.15) is 23.4 Å². The Morgan fingerprint density at radius 3 is 2.61 bits per heavy atom. The van der Waals surface area contributed by atoms with Crippen LogP contribution in [0.15, 0.2) is 18.3 Å². The highest BCUT2D eigenvalue weighted by Crippen LogP contribution is 2.56. The first-order valence-corrected chi connectivity index (χ1v) is 14.8. The number of fused-ring (bicyclic) bond motifs is 1. The van der Waals surface area contributed by atoms with Gasteiger partial charge >= 0.3 is 6.09 Å². The van der Waals surface area contributed by atoms with Crippen molar-refractivity contribution in [1.29, 1.82) is 0 Å². The second-order valence-corrected chi connectivity index (χ2v) is 13.4. The third-order valence-electron chi connectivity index (χ3n) is 9.04. The highest BCUT2D eigenvalue weighted by Gasteiger charge is 2.54. The SMILES string of the molecule is CC[C@@H](CC=O)n1ccc2c(Nc3cc(C)n(C(=O)OC(C)(C)C)n3)nc(NC3C4CC5CC3CC(O)(C5)C4)nc21. The van der Waals surface area contributed by atoms with Crippen molar-refractivity contribution in [2.45, 2.75) is 103 Å². The highest BCUT2D eigenvalue weighted by atomic mass is 16.6. The van der Waals surface area contributed by atoms with Crippen LogP contribution in [0.2, 0.25) is 0 Å². The van der Waals surface area contributed by atoms with Gasteiger partial charge in [0.05, 0.1) is 11.0 Å². The van der Waals surface area contributed by atoms with Crippen LogP contribution in [0.4, 0.5) is 22.4 Å². The molecule has 0 saturated heterocycles. The molecule has 4 bridgehead atoms. The summed E-state index contributed by atoms with van der Waals surface area (Å²) >= 11 is 0. The Bertz CT molecular complexity index is 1460. The van der Waals surface area contributed by atoms with Gasteiger partial charge in [0.25, 0.3) is 0 Å². The van der Waals surface area contributed by atoms with Gasteiger partial charge in [-0.1, -0.05) is 6.92 Å². The fourth-order valence-corrected chi connectivity index (χ4v) is 7.59. The summed E-state index contributed by atoms with van der Waals surface area (Å²) in [6, 6.07) is 3.91. The minimum Gasteiger partial charge on any atom is -0.442 e. The number of carbonyl (C=O) groups excluding carboxylic acids is 2. The number of ether oxygens (including phenoxy) is 1. The highest BCUT2D eigenvalue weighted by molar-refractivity contribution is 5.90. The molecule has 3 N–H and O–H groups in total. The van der Waals surface area contributed by atoms with Crippen LogP contribution in [0.25, 0.3) is 11.0 Å². The standard InChI is InChI=1S/C30H41N7O4/c1-6-21(8-10-38)36-9-7-22-25(31-23-11-17(2)37(35-23)28(39)41-29(3,4)5)33-27(34-26(22)36)32-24-19-12-18-13-20(24)16-30(40,14-18)15-19/h7,9-11,18-21,24,40H,6,8,12-16H2,1-5H3,(H2,31,32,33,34,35)/t18?,19?,20?,21-,24?,30?/m0/s1. The molecule has 0 spiro atoms. The number of aromatic nitrogens is 5. The lowest BCUT2D eigenvalue weighted by Crippen LogP contribution is -2.59. The Morgan fingerprint density at radius 1 is 1.24 bits per heavy atom. The number of anilines is 3. The molecule has 3 atom stereocenters. The monoisotopic (exact) mass is 563 g/mol. The summed E-state index contributed by atoms with van der Waals surface area (Å²) < 4.78 is 8.80. The van der Waals surface area contributed by atoms with Crippen molar-refractivity contribution in [3.05, 3.63) is 24.0 Å². The third-order valence-corrected chi connectivity index (χ3v) is 9.04. The van der Waals surface area contributed by atoms with Gasteiger partial charge in [-0.25, -0.2) is 4.79 Å². The molecule has 7 rings (SSSR count). The Morgan fingerprint density at radius 2 is 1.98 bits per heavy atom. The molecule has 220 valence electrons. The number of aryl methyl sites for hydroxylation is 1. The summed E-state index contributed by atoms with van der Waals surface area (Å²) in [6.07, 6.45) is 8.35. The first kappa shape index (κ1) is 27.7. The zero-order chi connectivity index (χ0) is 29.1. The van der Waals surface area contributed by atoms with Crippen molar-refractivity contribution in [3.8, 4) is 0 Å². The average Bonchev–Trinajstić information content (AvgIpc) is 3.46. The van der Waals surface area contributed by atoms with Gasteiger partial charge in [-0.05, 0) is 90.0 Å². The van der Waals surface area contributed by atoms with Gasteiger partial charge in [0.15, 0.2) is 5.82 Å². The average molecular weight is 564 g/mol. The first-order chi connectivity index (χ1) is 19.4. The van der Waals surface area contributed by atoms with Crippen LogP contribution in [-0.4, -0.2) is 59.0 Å². The molecule has 0 aromatic carbocycles. The Labute approximate surface area is 240 Å². The normalized spacial score (nSPS) is 27.7. The predicted molar refractivity (Wildman–Crippen MR) is 155 cm³/mol. The maximum Gasteiger partial charge on any atom is 0.435 e. The number of hydrogen-bond acceptors (Lipinski definition) is 9. The van der Waals surface area contributed by atoms with Crippen molar-refractivity contribution >= 4 is 41.0 Å². The molecule has 3 heterocycles. The summed E-state index contributed by atoms with van der Waals surface area (Å²) in [6.45, 7) is 9.31. The van der Waals surface area contributed by atoms with E-state index in [0.717, 1.165) is 55.8 Å². The van der Waals surface area contributed by atoms with E-state index in [2.05, 4.69) is 22.7 Å². The Kier molecular flexibility index (Phi) is 6.83. The number of aliphatic hydroxyl groups is 1. The van der Waals surface area contributed by atoms with E-state index in [4.69, 9.17) is 14.7 Å². The molecular formula is C30H41N7O4. The van der Waals surface area contributed by atoms with Gasteiger partial charge in [0.2, 0.25) is 5.95 Å². The fourth-order valence-electron chi connectivity index (χ4n) is 7.59. The van der Waals surface area contributed by atoms with Crippen LogP contribution in [0, 0.1) is 24.7 Å². The number of hydrogen-bond donors (Lipinski definition) is 3. The number of carbonyl (C=O) groups is 2. The second kappa shape index (κ2) is 10.1. The van der Waals surface area contributed by atoms with Crippen molar-refractivity contribution < 1.29 is 19.4 Å². The second-order valence-electron chi connectivity index (χ2n) is 13.4.